The van der Waals surface area contributed by atoms with Crippen LogP contribution >= 0.6 is 0 Å². The quantitative estimate of drug-likeness (QED) is 0.781. The van der Waals surface area contributed by atoms with Crippen molar-refractivity contribution in [3.8, 4) is 0 Å². The summed E-state index contributed by atoms with van der Waals surface area (Å²) in [6.45, 7) is 4.14. The molecule has 72 valence electrons. The fraction of sp³-hybridized carbons (Fsp3) is 0.182. The molecule has 3 heteroatoms. The van der Waals surface area contributed by atoms with Crippen LogP contribution in [0.5, 0.6) is 0 Å². The molecule has 1 aromatic heterocycles. The van der Waals surface area contributed by atoms with Gasteiger partial charge in [-0.25, -0.2) is 0 Å². The molecule has 2 aromatic rings. The summed E-state index contributed by atoms with van der Waals surface area (Å²) in [5.41, 5.74) is 2.33. The predicted molar refractivity (Wildman–Crippen MR) is 59.5 cm³/mol. The van der Waals surface area contributed by atoms with E-state index in [2.05, 4.69) is 54.4 Å². The van der Waals surface area contributed by atoms with Gasteiger partial charge >= 0.3 is 89.6 Å². The van der Waals surface area contributed by atoms with E-state index < -0.39 is 0 Å². The Morgan fingerprint density at radius 2 is 1.86 bits per heavy atom. The van der Waals surface area contributed by atoms with Crippen molar-refractivity contribution in [1.82, 2.24) is 10.2 Å². The van der Waals surface area contributed by atoms with Crippen LogP contribution in [0.2, 0.25) is 0 Å². The van der Waals surface area contributed by atoms with E-state index in [0.29, 0.717) is 15.0 Å². The van der Waals surface area contributed by atoms with Gasteiger partial charge in [-0.2, -0.15) is 0 Å². The molecule has 0 amide bonds. The van der Waals surface area contributed by atoms with Gasteiger partial charge in [0.25, 0.3) is 0 Å². The summed E-state index contributed by atoms with van der Waals surface area (Å²) in [5.74, 6) is 0. The maximum absolute atomic E-state index is 4.20. The Hall–Kier alpha value is -1.05. The van der Waals surface area contributed by atoms with E-state index in [9.17, 15) is 0 Å². The summed E-state index contributed by atoms with van der Waals surface area (Å²) in [5, 5.41) is 7.23. The van der Waals surface area contributed by atoms with Gasteiger partial charge in [0.2, 0.25) is 0 Å². The first kappa shape index (κ1) is 9.50. The van der Waals surface area contributed by atoms with Crippen molar-refractivity contribution in [2.24, 2.45) is 0 Å². The molecule has 0 aliphatic heterocycles. The van der Waals surface area contributed by atoms with Gasteiger partial charge in [0.1, 0.15) is 0 Å². The number of aromatic nitrogens is 2. The van der Waals surface area contributed by atoms with Crippen molar-refractivity contribution < 1.29 is 0 Å². The van der Waals surface area contributed by atoms with E-state index >= 15 is 0 Å². The molecule has 1 aromatic carbocycles. The van der Waals surface area contributed by atoms with Crippen LogP contribution in [0.4, 0.5) is 0 Å². The first-order valence-corrected chi connectivity index (χ1v) is 6.23. The Labute approximate surface area is 89.9 Å². The summed E-state index contributed by atoms with van der Waals surface area (Å²) in [7, 11) is 0. The molecule has 0 spiro atoms. The summed E-state index contributed by atoms with van der Waals surface area (Å²) in [6, 6.07) is 10.6. The molecule has 14 heavy (non-hydrogen) atoms. The minimum absolute atomic E-state index is 0.377. The van der Waals surface area contributed by atoms with Crippen molar-refractivity contribution in [2.45, 2.75) is 13.8 Å². The van der Waals surface area contributed by atoms with E-state index in [1.54, 1.807) is 0 Å². The van der Waals surface area contributed by atoms with Gasteiger partial charge in [0, 0.05) is 0 Å². The van der Waals surface area contributed by atoms with E-state index in [1.807, 2.05) is 0 Å². The van der Waals surface area contributed by atoms with Crippen LogP contribution in [0.25, 0.3) is 0 Å². The molecule has 0 radical (unpaired) electrons. The van der Waals surface area contributed by atoms with Crippen LogP contribution in [0, 0.1) is 13.8 Å². The number of nitrogens with zero attached hydrogens (tertiary/aromatic N) is 1. The molecule has 0 saturated heterocycles. The zero-order chi connectivity index (χ0) is 9.97. The first-order valence-electron chi connectivity index (χ1n) is 4.52. The van der Waals surface area contributed by atoms with Crippen molar-refractivity contribution in [2.75, 3.05) is 0 Å². The van der Waals surface area contributed by atoms with Gasteiger partial charge in [-0.1, -0.05) is 0 Å². The second-order valence-electron chi connectivity index (χ2n) is 3.18. The topological polar surface area (TPSA) is 28.7 Å². The van der Waals surface area contributed by atoms with Crippen LogP contribution in [-0.4, -0.2) is 25.2 Å². The summed E-state index contributed by atoms with van der Waals surface area (Å²) < 4.78 is 2.77. The van der Waals surface area contributed by atoms with Crippen LogP contribution in [0.1, 0.15) is 11.4 Å². The van der Waals surface area contributed by atoms with Crippen LogP contribution in [0.3, 0.4) is 0 Å². The second-order valence-corrected chi connectivity index (χ2v) is 5.45. The van der Waals surface area contributed by atoms with Gasteiger partial charge in [-0.3, -0.25) is 0 Å². The molecule has 0 unspecified atom stereocenters. The van der Waals surface area contributed by atoms with Crippen molar-refractivity contribution in [3.05, 3.63) is 41.7 Å². The third-order valence-electron chi connectivity index (χ3n) is 2.02. The fourth-order valence-electron chi connectivity index (χ4n) is 1.30. The van der Waals surface area contributed by atoms with Crippen LogP contribution < -0.4 is 8.92 Å². The Morgan fingerprint density at radius 3 is 2.43 bits per heavy atom. The Balaban J connectivity index is 2.27. The number of aromatic amines is 1. The summed E-state index contributed by atoms with van der Waals surface area (Å²) in [4.78, 5) is 0. The third-order valence-corrected chi connectivity index (χ3v) is 4.78. The number of hydrogen-bond acceptors (Lipinski definition) is 1. The number of benzene rings is 1. The summed E-state index contributed by atoms with van der Waals surface area (Å²) >= 11 is 0.377. The molecule has 0 atom stereocenters. The molecular formula is C11H12N2Se. The number of rotatable bonds is 2. The van der Waals surface area contributed by atoms with Crippen molar-refractivity contribution in [1.29, 1.82) is 0 Å². The molecule has 0 fully saturated rings. The summed E-state index contributed by atoms with van der Waals surface area (Å²) in [6.07, 6.45) is 0. The molecule has 1 heterocycles. The Kier molecular flexibility index (Phi) is 2.71. The Morgan fingerprint density at radius 1 is 1.14 bits per heavy atom. The average Bonchev–Trinajstić information content (AvgIpc) is 2.51. The van der Waals surface area contributed by atoms with Gasteiger partial charge in [0.15, 0.2) is 0 Å². The molecule has 1 N–H and O–H groups in total. The predicted octanol–water partition coefficient (Wildman–Crippen LogP) is 0.682. The normalized spacial score (nSPS) is 10.4. The van der Waals surface area contributed by atoms with Gasteiger partial charge in [0.05, 0.1) is 0 Å². The zero-order valence-corrected chi connectivity index (χ0v) is 9.96. The van der Waals surface area contributed by atoms with Gasteiger partial charge in [-0.15, -0.1) is 0 Å². The number of hydrogen-bond donors (Lipinski definition) is 1. The zero-order valence-electron chi connectivity index (χ0n) is 8.24. The molecule has 0 bridgehead atoms. The number of H-pyrrole nitrogens is 1. The number of aryl methyl sites for hydroxylation is 2. The SMILES string of the molecule is Cc1n[nH]c(C)c1[Se]c1ccccc1. The molecule has 0 aliphatic rings. The third kappa shape index (κ3) is 1.89. The first-order chi connectivity index (χ1) is 6.77. The number of nitrogens with one attached hydrogen (secondary N) is 1. The van der Waals surface area contributed by atoms with E-state index in [-0.39, 0.29) is 0 Å². The van der Waals surface area contributed by atoms with E-state index in [0.717, 1.165) is 5.69 Å². The molecule has 2 nitrogen and oxygen atoms in total. The fourth-order valence-corrected chi connectivity index (χ4v) is 3.23. The molecular weight excluding hydrogens is 239 g/mol. The molecule has 0 aliphatic carbocycles. The maximum atomic E-state index is 4.20. The molecule has 0 saturated carbocycles. The van der Waals surface area contributed by atoms with Crippen LogP contribution in [-0.2, 0) is 0 Å². The monoisotopic (exact) mass is 252 g/mol. The molecule has 2 rings (SSSR count). The second kappa shape index (κ2) is 3.99. The van der Waals surface area contributed by atoms with E-state index in [4.69, 9.17) is 0 Å². The van der Waals surface area contributed by atoms with Gasteiger partial charge < -0.3 is 0 Å². The van der Waals surface area contributed by atoms with Crippen LogP contribution in [0.15, 0.2) is 30.3 Å². The minimum atomic E-state index is 0.377. The average molecular weight is 251 g/mol. The Bertz CT molecular complexity index is 401. The van der Waals surface area contributed by atoms with Crippen molar-refractivity contribution >= 4 is 23.9 Å². The standard InChI is InChI=1S/C11H12N2Se/c1-8-11(9(2)13-12-8)14-10-6-4-3-5-7-10/h3-7H,1-2H3,(H,12,13). The van der Waals surface area contributed by atoms with Gasteiger partial charge in [-0.05, 0) is 0 Å². The van der Waals surface area contributed by atoms with E-state index in [1.165, 1.54) is 14.6 Å². The van der Waals surface area contributed by atoms with Crippen molar-refractivity contribution in [3.63, 3.8) is 0 Å².